The molecule has 2 nitrogen and oxygen atoms in total. The molecule has 1 aliphatic heterocycles. The maximum absolute atomic E-state index is 4.78. The van der Waals surface area contributed by atoms with Crippen LogP contribution in [0, 0.1) is 0 Å². The van der Waals surface area contributed by atoms with Crippen LogP contribution in [0.15, 0.2) is 21.8 Å². The van der Waals surface area contributed by atoms with Gasteiger partial charge in [0.1, 0.15) is 0 Å². The van der Waals surface area contributed by atoms with Crippen molar-refractivity contribution in [2.24, 2.45) is 4.99 Å². The minimum atomic E-state index is 0.265. The van der Waals surface area contributed by atoms with E-state index in [2.05, 4.69) is 42.9 Å². The molecule has 1 fully saturated rings. The number of hydrogen-bond donors (Lipinski definition) is 1. The van der Waals surface area contributed by atoms with Gasteiger partial charge in [-0.1, -0.05) is 25.6 Å². The molecule has 0 spiro atoms. The molecule has 0 radical (unpaired) electrons. The lowest BCUT2D eigenvalue weighted by Gasteiger charge is -2.25. The molecule has 1 aromatic heterocycles. The van der Waals surface area contributed by atoms with Gasteiger partial charge in [0.15, 0.2) is 5.17 Å². The smallest absolute Gasteiger partial charge is 0.157 e. The van der Waals surface area contributed by atoms with Gasteiger partial charge in [0.05, 0.1) is 6.04 Å². The lowest BCUT2D eigenvalue weighted by Crippen LogP contribution is -2.42. The highest BCUT2D eigenvalue weighted by atomic mass is 32.2. The summed E-state index contributed by atoms with van der Waals surface area (Å²) in [6.45, 7) is 6.67. The molecule has 1 N–H and O–H groups in total. The number of hydrogen-bond acceptors (Lipinski definition) is 3. The fourth-order valence-corrected chi connectivity index (χ4v) is 4.13. The van der Waals surface area contributed by atoms with Crippen LogP contribution in [0.5, 0.6) is 0 Å². The van der Waals surface area contributed by atoms with Crippen molar-refractivity contribution in [3.8, 4) is 0 Å². The number of thiophene rings is 1. The molecule has 1 saturated heterocycles. The molecule has 1 atom stereocenters. The van der Waals surface area contributed by atoms with Crippen LogP contribution in [0.4, 0.5) is 0 Å². The number of amidine groups is 1. The van der Waals surface area contributed by atoms with Crippen LogP contribution in [0.25, 0.3) is 0 Å². The fourth-order valence-electron chi connectivity index (χ4n) is 1.97. The zero-order chi connectivity index (χ0) is 12.3. The summed E-state index contributed by atoms with van der Waals surface area (Å²) in [5, 5.41) is 9.03. The van der Waals surface area contributed by atoms with Crippen LogP contribution >= 0.6 is 23.1 Å². The van der Waals surface area contributed by atoms with Crippen molar-refractivity contribution in [1.29, 1.82) is 0 Å². The quantitative estimate of drug-likeness (QED) is 0.890. The first-order chi connectivity index (χ1) is 8.19. The molecule has 2 heterocycles. The first-order valence-electron chi connectivity index (χ1n) is 6.20. The predicted molar refractivity (Wildman–Crippen MR) is 79.1 cm³/mol. The molecule has 17 heavy (non-hydrogen) atoms. The Morgan fingerprint density at radius 2 is 2.24 bits per heavy atom. The summed E-state index contributed by atoms with van der Waals surface area (Å²) in [5.41, 5.74) is 1.59. The molecule has 1 unspecified atom stereocenters. The third-order valence-electron chi connectivity index (χ3n) is 3.55. The molecule has 0 saturated carbocycles. The first kappa shape index (κ1) is 13.0. The molecule has 0 aliphatic carbocycles. The van der Waals surface area contributed by atoms with E-state index >= 15 is 0 Å². The molecule has 1 aromatic rings. The Morgan fingerprint density at radius 1 is 1.47 bits per heavy atom. The van der Waals surface area contributed by atoms with E-state index in [0.717, 1.165) is 10.9 Å². The van der Waals surface area contributed by atoms with Crippen LogP contribution in [-0.4, -0.2) is 16.5 Å². The van der Waals surface area contributed by atoms with Gasteiger partial charge >= 0.3 is 0 Å². The van der Waals surface area contributed by atoms with Gasteiger partial charge in [-0.2, -0.15) is 11.3 Å². The average molecular weight is 268 g/mol. The van der Waals surface area contributed by atoms with Gasteiger partial charge < -0.3 is 5.32 Å². The van der Waals surface area contributed by atoms with Crippen molar-refractivity contribution in [2.75, 3.05) is 5.75 Å². The molecule has 0 bridgehead atoms. The highest BCUT2D eigenvalue weighted by Crippen LogP contribution is 2.30. The lowest BCUT2D eigenvalue weighted by atomic mass is 9.96. The fraction of sp³-hybridized carbons (Fsp3) is 0.615. The summed E-state index contributed by atoms with van der Waals surface area (Å²) in [6, 6.07) is 2.42. The van der Waals surface area contributed by atoms with E-state index in [-0.39, 0.29) is 11.6 Å². The third-order valence-corrected chi connectivity index (χ3v) is 5.43. The number of aliphatic imine (C=N–C) groups is 1. The van der Waals surface area contributed by atoms with E-state index in [1.165, 1.54) is 18.4 Å². The zero-order valence-corrected chi connectivity index (χ0v) is 12.3. The maximum atomic E-state index is 4.78. The van der Waals surface area contributed by atoms with Gasteiger partial charge in [0.25, 0.3) is 0 Å². The second-order valence-electron chi connectivity index (χ2n) is 4.57. The predicted octanol–water partition coefficient (Wildman–Crippen LogP) is 4.06. The Bertz CT molecular complexity index is 380. The maximum Gasteiger partial charge on any atom is 0.157 e. The van der Waals surface area contributed by atoms with Crippen LogP contribution < -0.4 is 5.32 Å². The molecule has 0 aromatic carbocycles. The summed E-state index contributed by atoms with van der Waals surface area (Å²) in [5.74, 6) is 1.15. The van der Waals surface area contributed by atoms with Crippen molar-refractivity contribution < 1.29 is 0 Å². The van der Waals surface area contributed by atoms with Crippen molar-refractivity contribution in [2.45, 2.75) is 45.2 Å². The normalized spacial score (nSPS) is 22.6. The minimum absolute atomic E-state index is 0.265. The summed E-state index contributed by atoms with van der Waals surface area (Å²) in [6.07, 6.45) is 2.34. The van der Waals surface area contributed by atoms with E-state index in [0.29, 0.717) is 0 Å². The molecule has 1 aliphatic rings. The van der Waals surface area contributed by atoms with Crippen molar-refractivity contribution in [3.63, 3.8) is 0 Å². The third kappa shape index (κ3) is 2.86. The van der Waals surface area contributed by atoms with Crippen molar-refractivity contribution in [3.05, 3.63) is 22.4 Å². The molecular weight excluding hydrogens is 248 g/mol. The Balaban J connectivity index is 2.05. The van der Waals surface area contributed by atoms with Gasteiger partial charge in [0.2, 0.25) is 0 Å². The first-order valence-corrected chi connectivity index (χ1v) is 8.13. The van der Waals surface area contributed by atoms with Crippen LogP contribution in [0.3, 0.4) is 0 Å². The van der Waals surface area contributed by atoms with Crippen LogP contribution in [0.1, 0.15) is 45.2 Å². The van der Waals surface area contributed by atoms with Crippen LogP contribution in [-0.2, 0) is 0 Å². The van der Waals surface area contributed by atoms with Crippen LogP contribution in [0.2, 0.25) is 0 Å². The molecule has 2 rings (SSSR count). The van der Waals surface area contributed by atoms with Crippen molar-refractivity contribution >= 4 is 28.3 Å². The van der Waals surface area contributed by atoms with E-state index in [1.54, 1.807) is 11.3 Å². The number of thioether (sulfide) groups is 1. The van der Waals surface area contributed by atoms with Gasteiger partial charge in [-0.3, -0.25) is 4.99 Å². The number of rotatable bonds is 4. The van der Waals surface area contributed by atoms with Crippen molar-refractivity contribution in [1.82, 2.24) is 5.32 Å². The zero-order valence-electron chi connectivity index (χ0n) is 10.7. The van der Waals surface area contributed by atoms with E-state index in [1.807, 2.05) is 11.8 Å². The van der Waals surface area contributed by atoms with Gasteiger partial charge in [-0.25, -0.2) is 0 Å². The Hall–Kier alpha value is -0.480. The highest BCUT2D eigenvalue weighted by molar-refractivity contribution is 8.14. The molecule has 4 heteroatoms. The van der Waals surface area contributed by atoms with E-state index < -0.39 is 0 Å². The molecule has 94 valence electrons. The summed E-state index contributed by atoms with van der Waals surface area (Å²) in [4.78, 5) is 4.78. The Labute approximate surface area is 112 Å². The topological polar surface area (TPSA) is 24.4 Å². The largest absolute Gasteiger partial charge is 0.359 e. The second kappa shape index (κ2) is 5.44. The van der Waals surface area contributed by atoms with Gasteiger partial charge in [-0.15, -0.1) is 0 Å². The standard InChI is InChI=1S/C13H20N2S2/c1-4-13(5-2)9-17-12(15-13)14-10(3)11-6-7-16-8-11/h6-8,10H,4-5,9H2,1-3H3,(H,14,15). The SMILES string of the molecule is CCC1(CC)CSC(=NC(C)c2ccsc2)N1. The minimum Gasteiger partial charge on any atom is -0.359 e. The second-order valence-corrected chi connectivity index (χ2v) is 6.31. The monoisotopic (exact) mass is 268 g/mol. The van der Waals surface area contributed by atoms with Gasteiger partial charge in [0, 0.05) is 11.3 Å². The summed E-state index contributed by atoms with van der Waals surface area (Å²) >= 11 is 3.60. The Kier molecular flexibility index (Phi) is 4.15. The highest BCUT2D eigenvalue weighted by Gasteiger charge is 2.33. The van der Waals surface area contributed by atoms with E-state index in [4.69, 9.17) is 4.99 Å². The lowest BCUT2D eigenvalue weighted by molar-refractivity contribution is 0.407. The Morgan fingerprint density at radius 3 is 2.76 bits per heavy atom. The number of nitrogens with zero attached hydrogens (tertiary/aromatic N) is 1. The summed E-state index contributed by atoms with van der Waals surface area (Å²) in [7, 11) is 0. The average Bonchev–Trinajstić information content (AvgIpc) is 2.98. The number of nitrogens with one attached hydrogen (secondary N) is 1. The molecular formula is C13H20N2S2. The molecule has 0 amide bonds. The van der Waals surface area contributed by atoms with E-state index in [9.17, 15) is 0 Å². The van der Waals surface area contributed by atoms with Gasteiger partial charge in [-0.05, 0) is 42.2 Å². The summed E-state index contributed by atoms with van der Waals surface area (Å²) < 4.78 is 0.